The highest BCUT2D eigenvalue weighted by molar-refractivity contribution is 5.76. The molecule has 20 heavy (non-hydrogen) atoms. The second-order valence-corrected chi connectivity index (χ2v) is 7.82. The van der Waals surface area contributed by atoms with Crippen molar-refractivity contribution in [3.05, 3.63) is 0 Å². The monoisotopic (exact) mass is 280 g/mol. The molecule has 0 aromatic carbocycles. The Labute approximate surface area is 124 Å². The van der Waals surface area contributed by atoms with Crippen LogP contribution in [0.25, 0.3) is 0 Å². The van der Waals surface area contributed by atoms with Crippen molar-refractivity contribution < 1.29 is 4.79 Å². The Hall–Kier alpha value is -0.570. The van der Waals surface area contributed by atoms with Crippen molar-refractivity contribution in [1.29, 1.82) is 0 Å². The molecule has 116 valence electrons. The van der Waals surface area contributed by atoms with E-state index in [1.165, 1.54) is 38.5 Å². The topological polar surface area (TPSA) is 55.1 Å². The zero-order chi connectivity index (χ0) is 14.6. The lowest BCUT2D eigenvalue weighted by molar-refractivity contribution is -0.125. The average Bonchev–Trinajstić information content (AvgIpc) is 2.79. The standard InChI is InChI=1S/C17H32N2O/c1-14(2)10-17(6-3-4-7-17)13-19-15(20)11-16(12-18)8-5-9-16/h14H,3-13,18H2,1-2H3,(H,19,20). The summed E-state index contributed by atoms with van der Waals surface area (Å²) in [5, 5.41) is 3.23. The normalized spacial score (nSPS) is 23.6. The van der Waals surface area contributed by atoms with Crippen molar-refractivity contribution in [3.63, 3.8) is 0 Å². The van der Waals surface area contributed by atoms with E-state index in [1.54, 1.807) is 0 Å². The summed E-state index contributed by atoms with van der Waals surface area (Å²) in [6.07, 6.45) is 10.6. The molecule has 0 aromatic rings. The molecule has 0 bridgehead atoms. The van der Waals surface area contributed by atoms with Crippen LogP contribution < -0.4 is 11.1 Å². The number of nitrogens with one attached hydrogen (secondary N) is 1. The van der Waals surface area contributed by atoms with E-state index in [-0.39, 0.29) is 11.3 Å². The van der Waals surface area contributed by atoms with Crippen molar-refractivity contribution in [2.24, 2.45) is 22.5 Å². The van der Waals surface area contributed by atoms with E-state index in [1.807, 2.05) is 0 Å². The summed E-state index contributed by atoms with van der Waals surface area (Å²) in [5.41, 5.74) is 6.35. The molecule has 3 nitrogen and oxygen atoms in total. The Morgan fingerprint density at radius 1 is 1.10 bits per heavy atom. The summed E-state index contributed by atoms with van der Waals surface area (Å²) in [6, 6.07) is 0. The largest absolute Gasteiger partial charge is 0.356 e. The first-order valence-electron chi connectivity index (χ1n) is 8.46. The fourth-order valence-electron chi connectivity index (χ4n) is 4.26. The van der Waals surface area contributed by atoms with Gasteiger partial charge in [-0.15, -0.1) is 0 Å². The van der Waals surface area contributed by atoms with Crippen LogP contribution >= 0.6 is 0 Å². The van der Waals surface area contributed by atoms with Crippen molar-refractivity contribution in [3.8, 4) is 0 Å². The Kier molecular flexibility index (Phi) is 5.11. The molecule has 2 aliphatic rings. The Morgan fingerprint density at radius 2 is 1.70 bits per heavy atom. The zero-order valence-electron chi connectivity index (χ0n) is 13.3. The van der Waals surface area contributed by atoms with Crippen LogP contribution in [0.4, 0.5) is 0 Å². The van der Waals surface area contributed by atoms with Crippen LogP contribution in [-0.2, 0) is 4.79 Å². The van der Waals surface area contributed by atoms with Crippen LogP contribution in [-0.4, -0.2) is 19.0 Å². The molecule has 0 radical (unpaired) electrons. The highest BCUT2D eigenvalue weighted by Crippen LogP contribution is 2.44. The van der Waals surface area contributed by atoms with Crippen LogP contribution in [0.5, 0.6) is 0 Å². The molecule has 0 aromatic heterocycles. The number of hydrogen-bond donors (Lipinski definition) is 2. The molecule has 0 aliphatic heterocycles. The van der Waals surface area contributed by atoms with E-state index in [4.69, 9.17) is 5.73 Å². The Balaban J connectivity index is 1.81. The summed E-state index contributed by atoms with van der Waals surface area (Å²) < 4.78 is 0. The van der Waals surface area contributed by atoms with E-state index in [9.17, 15) is 4.79 Å². The third-order valence-electron chi connectivity index (χ3n) is 5.55. The van der Waals surface area contributed by atoms with Gasteiger partial charge < -0.3 is 11.1 Å². The minimum absolute atomic E-state index is 0.130. The molecule has 2 saturated carbocycles. The first-order chi connectivity index (χ1) is 9.49. The second kappa shape index (κ2) is 6.46. The molecule has 0 unspecified atom stereocenters. The van der Waals surface area contributed by atoms with Gasteiger partial charge in [0.05, 0.1) is 0 Å². The fourth-order valence-corrected chi connectivity index (χ4v) is 4.26. The van der Waals surface area contributed by atoms with Gasteiger partial charge in [0.1, 0.15) is 0 Å². The molecule has 0 atom stereocenters. The van der Waals surface area contributed by atoms with Crippen molar-refractivity contribution in [2.75, 3.05) is 13.1 Å². The maximum atomic E-state index is 12.2. The molecule has 0 saturated heterocycles. The van der Waals surface area contributed by atoms with Crippen LogP contribution in [0.1, 0.15) is 71.6 Å². The predicted molar refractivity (Wildman–Crippen MR) is 83.3 cm³/mol. The maximum absolute atomic E-state index is 12.2. The summed E-state index contributed by atoms with van der Waals surface area (Å²) in [4.78, 5) is 12.2. The van der Waals surface area contributed by atoms with Crippen LogP contribution in [0, 0.1) is 16.7 Å². The minimum atomic E-state index is 0.130. The lowest BCUT2D eigenvalue weighted by atomic mass is 9.66. The van der Waals surface area contributed by atoms with Gasteiger partial charge in [-0.05, 0) is 55.4 Å². The number of nitrogens with two attached hydrogens (primary N) is 1. The SMILES string of the molecule is CC(C)CC1(CNC(=O)CC2(CN)CCC2)CCCC1. The molecule has 3 N–H and O–H groups in total. The van der Waals surface area contributed by atoms with Gasteiger partial charge in [-0.3, -0.25) is 4.79 Å². The van der Waals surface area contributed by atoms with Gasteiger partial charge in [0.25, 0.3) is 0 Å². The summed E-state index contributed by atoms with van der Waals surface area (Å²) in [5.74, 6) is 0.942. The maximum Gasteiger partial charge on any atom is 0.220 e. The van der Waals surface area contributed by atoms with Crippen LogP contribution in [0.2, 0.25) is 0 Å². The molecule has 0 spiro atoms. The highest BCUT2D eigenvalue weighted by Gasteiger charge is 2.39. The van der Waals surface area contributed by atoms with Gasteiger partial charge in [-0.2, -0.15) is 0 Å². The molecule has 3 heteroatoms. The molecular formula is C17H32N2O. The third kappa shape index (κ3) is 3.75. The van der Waals surface area contributed by atoms with Gasteiger partial charge >= 0.3 is 0 Å². The molecule has 1 amide bonds. The van der Waals surface area contributed by atoms with E-state index in [0.717, 1.165) is 19.4 Å². The Bertz CT molecular complexity index is 322. The van der Waals surface area contributed by atoms with Crippen LogP contribution in [0.3, 0.4) is 0 Å². The van der Waals surface area contributed by atoms with Crippen molar-refractivity contribution in [2.45, 2.75) is 71.6 Å². The second-order valence-electron chi connectivity index (χ2n) is 7.82. The van der Waals surface area contributed by atoms with E-state index in [2.05, 4.69) is 19.2 Å². The summed E-state index contributed by atoms with van der Waals surface area (Å²) >= 11 is 0. The number of hydrogen-bond acceptors (Lipinski definition) is 2. The van der Waals surface area contributed by atoms with Gasteiger partial charge in [-0.25, -0.2) is 0 Å². The van der Waals surface area contributed by atoms with Crippen LogP contribution in [0.15, 0.2) is 0 Å². The first kappa shape index (κ1) is 15.8. The van der Waals surface area contributed by atoms with E-state index < -0.39 is 0 Å². The van der Waals surface area contributed by atoms with Crippen molar-refractivity contribution in [1.82, 2.24) is 5.32 Å². The third-order valence-corrected chi connectivity index (χ3v) is 5.55. The number of amides is 1. The number of carbonyl (C=O) groups is 1. The Morgan fingerprint density at radius 3 is 2.15 bits per heavy atom. The first-order valence-corrected chi connectivity index (χ1v) is 8.46. The summed E-state index contributed by atoms with van der Waals surface area (Å²) in [7, 11) is 0. The van der Waals surface area contributed by atoms with Gasteiger partial charge in [0.15, 0.2) is 0 Å². The lowest BCUT2D eigenvalue weighted by Crippen LogP contribution is -2.44. The summed E-state index contributed by atoms with van der Waals surface area (Å²) in [6.45, 7) is 6.13. The highest BCUT2D eigenvalue weighted by atomic mass is 16.1. The zero-order valence-corrected chi connectivity index (χ0v) is 13.3. The quantitative estimate of drug-likeness (QED) is 0.752. The van der Waals surface area contributed by atoms with Gasteiger partial charge in [0.2, 0.25) is 5.91 Å². The minimum Gasteiger partial charge on any atom is -0.356 e. The lowest BCUT2D eigenvalue weighted by Gasteiger charge is -2.40. The predicted octanol–water partition coefficient (Wildman–Crippen LogP) is 3.23. The molecule has 2 rings (SSSR count). The fraction of sp³-hybridized carbons (Fsp3) is 0.941. The number of rotatable bonds is 7. The molecule has 2 aliphatic carbocycles. The molecular weight excluding hydrogens is 248 g/mol. The average molecular weight is 280 g/mol. The van der Waals surface area contributed by atoms with Gasteiger partial charge in [-0.1, -0.05) is 33.1 Å². The van der Waals surface area contributed by atoms with Gasteiger partial charge in [0, 0.05) is 13.0 Å². The smallest absolute Gasteiger partial charge is 0.220 e. The molecule has 0 heterocycles. The van der Waals surface area contributed by atoms with E-state index in [0.29, 0.717) is 24.3 Å². The number of carbonyl (C=O) groups excluding carboxylic acids is 1. The van der Waals surface area contributed by atoms with E-state index >= 15 is 0 Å². The molecule has 2 fully saturated rings. The van der Waals surface area contributed by atoms with Crippen molar-refractivity contribution >= 4 is 5.91 Å².